The molecular weight excluding hydrogens is 539 g/mol. The summed E-state index contributed by atoms with van der Waals surface area (Å²) in [7, 11) is 2.02. The minimum Gasteiger partial charge on any atom is -0.378 e. The second-order valence-corrected chi connectivity index (χ2v) is 10.4. The third kappa shape index (κ3) is 6.05. The van der Waals surface area contributed by atoms with Gasteiger partial charge in [0.15, 0.2) is 0 Å². The van der Waals surface area contributed by atoms with Crippen molar-refractivity contribution in [2.24, 2.45) is 0 Å². The van der Waals surface area contributed by atoms with Gasteiger partial charge < -0.3 is 24.8 Å². The summed E-state index contributed by atoms with van der Waals surface area (Å²) in [5.74, 6) is -0.901. The van der Waals surface area contributed by atoms with Crippen LogP contribution in [0.2, 0.25) is 0 Å². The molecule has 13 heteroatoms. The molecule has 41 heavy (non-hydrogen) atoms. The Hall–Kier alpha value is -3.97. The van der Waals surface area contributed by atoms with E-state index in [9.17, 15) is 18.4 Å². The Labute approximate surface area is 235 Å². The Morgan fingerprint density at radius 1 is 1.07 bits per heavy atom. The number of anilines is 3. The number of carbonyl (C=O) groups is 1. The number of alkyl halides is 2. The molecule has 218 valence electrons. The van der Waals surface area contributed by atoms with Crippen molar-refractivity contribution in [3.8, 4) is 11.1 Å². The van der Waals surface area contributed by atoms with E-state index in [0.29, 0.717) is 62.7 Å². The zero-order valence-corrected chi connectivity index (χ0v) is 23.0. The highest BCUT2D eigenvalue weighted by molar-refractivity contribution is 6.07. The smallest absolute Gasteiger partial charge is 0.264 e. The van der Waals surface area contributed by atoms with Crippen LogP contribution in [0.25, 0.3) is 11.1 Å². The van der Waals surface area contributed by atoms with Crippen LogP contribution in [0.5, 0.6) is 0 Å². The molecule has 0 unspecified atom stereocenters. The van der Waals surface area contributed by atoms with Gasteiger partial charge in [-0.15, -0.1) is 0 Å². The first-order chi connectivity index (χ1) is 19.6. The molecular formula is C28H32F3N7O3. The number of nitrogens with zero attached hydrogens (tertiary/aromatic N) is 5. The second-order valence-electron chi connectivity index (χ2n) is 10.4. The van der Waals surface area contributed by atoms with E-state index >= 15 is 4.39 Å². The van der Waals surface area contributed by atoms with E-state index < -0.39 is 29.3 Å². The van der Waals surface area contributed by atoms with Gasteiger partial charge in [0, 0.05) is 79.6 Å². The monoisotopic (exact) mass is 571 g/mol. The van der Waals surface area contributed by atoms with E-state index in [1.807, 2.05) is 30.7 Å². The Bertz CT molecular complexity index is 1450. The summed E-state index contributed by atoms with van der Waals surface area (Å²) >= 11 is 0. The van der Waals surface area contributed by atoms with Crippen LogP contribution >= 0.6 is 0 Å². The normalized spacial score (nSPS) is 20.0. The summed E-state index contributed by atoms with van der Waals surface area (Å²) < 4.78 is 48.4. The topological polar surface area (TPSA) is 107 Å². The number of hydrogen-bond acceptors (Lipinski definition) is 8. The van der Waals surface area contributed by atoms with Crippen LogP contribution < -0.4 is 20.7 Å². The zero-order chi connectivity index (χ0) is 29.3. The van der Waals surface area contributed by atoms with Gasteiger partial charge in [-0.3, -0.25) is 14.5 Å². The molecule has 2 aromatic heterocycles. The summed E-state index contributed by atoms with van der Waals surface area (Å²) in [5, 5.41) is 2.70. The molecule has 2 atom stereocenters. The first-order valence-electron chi connectivity index (χ1n) is 13.4. The summed E-state index contributed by atoms with van der Waals surface area (Å²) in [6, 6.07) is 3.78. The van der Waals surface area contributed by atoms with E-state index in [1.165, 1.54) is 24.5 Å². The number of nitrogens with one attached hydrogen (secondary N) is 2. The van der Waals surface area contributed by atoms with Crippen LogP contribution in [0.15, 0.2) is 41.6 Å². The van der Waals surface area contributed by atoms with Crippen LogP contribution in [0.1, 0.15) is 36.2 Å². The molecule has 2 saturated heterocycles. The van der Waals surface area contributed by atoms with E-state index in [0.717, 1.165) is 6.20 Å². The average Bonchev–Trinajstić information content (AvgIpc) is 2.96. The van der Waals surface area contributed by atoms with Crippen molar-refractivity contribution in [1.82, 2.24) is 19.9 Å². The SMILES string of the molecule is C[C@@H]1CN(c2cc(F)c(-c3cnc(N4CCOCC4)nc3)cc2NC(=O)c2c[nH]c(=O)cc2C(F)F)C[C@H](C)N1C. The molecule has 10 nitrogen and oxygen atoms in total. The number of aromatic nitrogens is 3. The average molecular weight is 572 g/mol. The molecule has 5 rings (SSSR count). The van der Waals surface area contributed by atoms with Crippen molar-refractivity contribution in [3.05, 3.63) is 64.1 Å². The van der Waals surface area contributed by atoms with Gasteiger partial charge in [0.05, 0.1) is 30.2 Å². The van der Waals surface area contributed by atoms with E-state index in [-0.39, 0.29) is 28.9 Å². The number of morpholine rings is 1. The van der Waals surface area contributed by atoms with Gasteiger partial charge in [0.1, 0.15) is 5.82 Å². The van der Waals surface area contributed by atoms with Crippen molar-refractivity contribution in [3.63, 3.8) is 0 Å². The first kappa shape index (κ1) is 28.6. The highest BCUT2D eigenvalue weighted by Gasteiger charge is 2.30. The van der Waals surface area contributed by atoms with Crippen molar-refractivity contribution in [2.75, 3.05) is 61.6 Å². The van der Waals surface area contributed by atoms with Crippen molar-refractivity contribution >= 4 is 23.2 Å². The number of ether oxygens (including phenoxy) is 1. The van der Waals surface area contributed by atoms with Gasteiger partial charge in [0.25, 0.3) is 12.3 Å². The zero-order valence-electron chi connectivity index (χ0n) is 23.0. The van der Waals surface area contributed by atoms with Crippen LogP contribution in [0.4, 0.5) is 30.5 Å². The summed E-state index contributed by atoms with van der Waals surface area (Å²) in [4.78, 5) is 42.2. The highest BCUT2D eigenvalue weighted by Crippen LogP contribution is 2.36. The number of likely N-dealkylation sites (N-methyl/N-ethyl adjacent to an activating group) is 1. The summed E-state index contributed by atoms with van der Waals surface area (Å²) in [5.41, 5.74) is -0.636. The van der Waals surface area contributed by atoms with Gasteiger partial charge in [-0.05, 0) is 33.0 Å². The number of halogens is 3. The summed E-state index contributed by atoms with van der Waals surface area (Å²) in [6.45, 7) is 7.63. The Balaban J connectivity index is 1.53. The Kier molecular flexibility index (Phi) is 8.27. The van der Waals surface area contributed by atoms with Crippen LogP contribution in [-0.2, 0) is 4.74 Å². The number of hydrogen-bond donors (Lipinski definition) is 2. The maximum atomic E-state index is 15.7. The van der Waals surface area contributed by atoms with Crippen molar-refractivity contribution < 1.29 is 22.7 Å². The van der Waals surface area contributed by atoms with Gasteiger partial charge in [-0.25, -0.2) is 23.1 Å². The molecule has 2 aliphatic rings. The maximum absolute atomic E-state index is 15.7. The number of amides is 1. The number of rotatable bonds is 6. The number of pyridine rings is 1. The fourth-order valence-electron chi connectivity index (χ4n) is 5.19. The molecule has 2 fully saturated rings. The fourth-order valence-corrected chi connectivity index (χ4v) is 5.19. The van der Waals surface area contributed by atoms with Crippen molar-refractivity contribution in [1.29, 1.82) is 0 Å². The number of benzene rings is 1. The van der Waals surface area contributed by atoms with Crippen LogP contribution in [0.3, 0.4) is 0 Å². The largest absolute Gasteiger partial charge is 0.378 e. The number of piperazine rings is 1. The molecule has 1 aromatic carbocycles. The predicted octanol–water partition coefficient (Wildman–Crippen LogP) is 3.53. The Morgan fingerprint density at radius 3 is 2.37 bits per heavy atom. The molecule has 3 aromatic rings. The molecule has 1 amide bonds. The number of carbonyl (C=O) groups excluding carboxylic acids is 1. The molecule has 0 aliphatic carbocycles. The molecule has 2 N–H and O–H groups in total. The lowest BCUT2D eigenvalue weighted by Gasteiger charge is -2.44. The van der Waals surface area contributed by atoms with E-state index in [1.54, 1.807) is 0 Å². The lowest BCUT2D eigenvalue weighted by atomic mass is 10.0. The van der Waals surface area contributed by atoms with E-state index in [4.69, 9.17) is 4.74 Å². The van der Waals surface area contributed by atoms with Gasteiger partial charge in [-0.2, -0.15) is 0 Å². The molecule has 2 aliphatic heterocycles. The van der Waals surface area contributed by atoms with Crippen LogP contribution in [-0.4, -0.2) is 84.3 Å². The molecule has 4 heterocycles. The second kappa shape index (κ2) is 11.9. The molecule has 0 saturated carbocycles. The number of H-pyrrole nitrogens is 1. The van der Waals surface area contributed by atoms with Gasteiger partial charge >= 0.3 is 0 Å². The quantitative estimate of drug-likeness (QED) is 0.463. The highest BCUT2D eigenvalue weighted by atomic mass is 19.3. The predicted molar refractivity (Wildman–Crippen MR) is 149 cm³/mol. The minimum absolute atomic E-state index is 0.135. The lowest BCUT2D eigenvalue weighted by molar-refractivity contribution is 0.101. The third-order valence-corrected chi connectivity index (χ3v) is 7.71. The first-order valence-corrected chi connectivity index (χ1v) is 13.4. The van der Waals surface area contributed by atoms with Crippen molar-refractivity contribution in [2.45, 2.75) is 32.4 Å². The van der Waals surface area contributed by atoms with Gasteiger partial charge in [-0.1, -0.05) is 0 Å². The molecule has 0 radical (unpaired) electrons. The number of aromatic amines is 1. The minimum atomic E-state index is -3.04. The van der Waals surface area contributed by atoms with Crippen LogP contribution in [0, 0.1) is 5.82 Å². The third-order valence-electron chi connectivity index (χ3n) is 7.71. The maximum Gasteiger partial charge on any atom is 0.264 e. The molecule has 0 spiro atoms. The lowest BCUT2D eigenvalue weighted by Crippen LogP contribution is -2.55. The van der Waals surface area contributed by atoms with Gasteiger partial charge in [0.2, 0.25) is 11.5 Å². The fraction of sp³-hybridized carbons (Fsp3) is 0.429. The van der Waals surface area contributed by atoms with E-state index in [2.05, 4.69) is 25.2 Å². The summed E-state index contributed by atoms with van der Waals surface area (Å²) in [6.07, 6.45) is 0.945. The Morgan fingerprint density at radius 2 is 1.73 bits per heavy atom. The molecule has 0 bridgehead atoms. The standard InChI is InChI=1S/C28H32F3N7O3/c1-16-14-38(15-17(2)36(16)3)24-10-22(29)19(18-11-33-28(34-12-18)37-4-6-41-7-5-37)8-23(24)35-27(40)21-13-32-25(39)9-20(21)26(30)31/h8-13,16-17,26H,4-7,14-15H2,1-3H3,(H,32,39)(H,35,40)/t16-,17+.